The number of nitrogens with zero attached hydrogens (tertiary/aromatic N) is 1. The van der Waals surface area contributed by atoms with E-state index in [1.165, 1.54) is 12.8 Å². The zero-order valence-corrected chi connectivity index (χ0v) is 13.5. The van der Waals surface area contributed by atoms with E-state index in [9.17, 15) is 8.42 Å². The van der Waals surface area contributed by atoms with Gasteiger partial charge >= 0.3 is 0 Å². The summed E-state index contributed by atoms with van der Waals surface area (Å²) in [6.45, 7) is 10.2. The van der Waals surface area contributed by atoms with Gasteiger partial charge in [-0.25, -0.2) is 8.42 Å². The minimum absolute atomic E-state index is 0.276. The zero-order chi connectivity index (χ0) is 14.3. The topological polar surface area (TPSA) is 49.4 Å². The SMILES string of the molecule is CC1CNC(C2CC2)CN1CCS(=O)(=O)C(C)(C)C. The Kier molecular flexibility index (Phi) is 4.29. The molecule has 4 nitrogen and oxygen atoms in total. The van der Waals surface area contributed by atoms with Crippen LogP contribution in [0.15, 0.2) is 0 Å². The first kappa shape index (κ1) is 15.3. The van der Waals surface area contributed by atoms with Gasteiger partial charge < -0.3 is 5.32 Å². The Morgan fingerprint density at radius 1 is 1.26 bits per heavy atom. The van der Waals surface area contributed by atoms with Gasteiger partial charge in [0.25, 0.3) is 0 Å². The Hall–Kier alpha value is -0.130. The number of sulfone groups is 1. The number of hydrogen-bond donors (Lipinski definition) is 1. The molecule has 2 rings (SSSR count). The van der Waals surface area contributed by atoms with Gasteiger partial charge in [0.2, 0.25) is 0 Å². The highest BCUT2D eigenvalue weighted by atomic mass is 32.2. The molecule has 5 heteroatoms. The summed E-state index contributed by atoms with van der Waals surface area (Å²) in [5.74, 6) is 1.10. The Morgan fingerprint density at radius 3 is 2.42 bits per heavy atom. The molecule has 0 aromatic rings. The first-order chi connectivity index (χ1) is 8.71. The number of piperazine rings is 1. The fraction of sp³-hybridized carbons (Fsp3) is 1.00. The lowest BCUT2D eigenvalue weighted by molar-refractivity contribution is 0.140. The smallest absolute Gasteiger partial charge is 0.156 e. The molecule has 2 aliphatic rings. The molecule has 2 fully saturated rings. The normalized spacial score (nSPS) is 30.5. The first-order valence-electron chi connectivity index (χ1n) is 7.40. The van der Waals surface area contributed by atoms with Crippen LogP contribution < -0.4 is 5.32 Å². The van der Waals surface area contributed by atoms with Crippen LogP contribution in [-0.4, -0.2) is 55.5 Å². The van der Waals surface area contributed by atoms with E-state index in [1.54, 1.807) is 20.8 Å². The van der Waals surface area contributed by atoms with Gasteiger partial charge in [-0.15, -0.1) is 0 Å². The second-order valence-corrected chi connectivity index (χ2v) is 9.99. The van der Waals surface area contributed by atoms with Gasteiger partial charge in [0.05, 0.1) is 10.5 Å². The summed E-state index contributed by atoms with van der Waals surface area (Å²) in [4.78, 5) is 2.35. The van der Waals surface area contributed by atoms with Crippen molar-refractivity contribution in [1.82, 2.24) is 10.2 Å². The molecule has 2 atom stereocenters. The van der Waals surface area contributed by atoms with E-state index in [2.05, 4.69) is 17.1 Å². The molecule has 1 N–H and O–H groups in total. The van der Waals surface area contributed by atoms with E-state index in [0.717, 1.165) is 19.0 Å². The largest absolute Gasteiger partial charge is 0.311 e. The zero-order valence-electron chi connectivity index (χ0n) is 12.6. The Balaban J connectivity index is 1.90. The lowest BCUT2D eigenvalue weighted by Crippen LogP contribution is -2.57. The molecular formula is C14H28N2O2S. The molecule has 1 aliphatic heterocycles. The maximum Gasteiger partial charge on any atom is 0.156 e. The monoisotopic (exact) mass is 288 g/mol. The second kappa shape index (κ2) is 5.34. The van der Waals surface area contributed by atoms with Crippen LogP contribution in [0.4, 0.5) is 0 Å². The molecule has 0 amide bonds. The highest BCUT2D eigenvalue weighted by molar-refractivity contribution is 7.92. The maximum atomic E-state index is 12.2. The van der Waals surface area contributed by atoms with Gasteiger partial charge in [0.15, 0.2) is 9.84 Å². The van der Waals surface area contributed by atoms with Crippen molar-refractivity contribution in [3.05, 3.63) is 0 Å². The van der Waals surface area contributed by atoms with Gasteiger partial charge in [-0.05, 0) is 46.5 Å². The highest BCUT2D eigenvalue weighted by Crippen LogP contribution is 2.34. The van der Waals surface area contributed by atoms with Crippen molar-refractivity contribution in [2.45, 2.75) is 57.4 Å². The quantitative estimate of drug-likeness (QED) is 0.846. The predicted octanol–water partition coefficient (Wildman–Crippen LogP) is 1.27. The minimum atomic E-state index is -3.00. The van der Waals surface area contributed by atoms with E-state index in [1.807, 2.05) is 0 Å². The van der Waals surface area contributed by atoms with E-state index < -0.39 is 14.6 Å². The molecule has 0 aromatic heterocycles. The molecule has 112 valence electrons. The maximum absolute atomic E-state index is 12.2. The third kappa shape index (κ3) is 3.70. The van der Waals surface area contributed by atoms with Crippen LogP contribution in [0, 0.1) is 5.92 Å². The van der Waals surface area contributed by atoms with Crippen LogP contribution in [0.25, 0.3) is 0 Å². The average molecular weight is 288 g/mol. The Morgan fingerprint density at radius 2 is 1.89 bits per heavy atom. The van der Waals surface area contributed by atoms with Crippen LogP contribution in [0.5, 0.6) is 0 Å². The van der Waals surface area contributed by atoms with Gasteiger partial charge in [0, 0.05) is 31.7 Å². The van der Waals surface area contributed by atoms with Crippen LogP contribution in [-0.2, 0) is 9.84 Å². The van der Waals surface area contributed by atoms with Crippen LogP contribution >= 0.6 is 0 Å². The summed E-state index contributed by atoms with van der Waals surface area (Å²) in [7, 11) is -3.00. The summed E-state index contributed by atoms with van der Waals surface area (Å²) < 4.78 is 23.7. The van der Waals surface area contributed by atoms with Gasteiger partial charge in [-0.2, -0.15) is 0 Å². The molecule has 0 radical (unpaired) electrons. The number of hydrogen-bond acceptors (Lipinski definition) is 4. The standard InChI is InChI=1S/C14H28N2O2S/c1-11-9-15-13(12-5-6-12)10-16(11)7-8-19(17,18)14(2,3)4/h11-13,15H,5-10H2,1-4H3. The van der Waals surface area contributed by atoms with Crippen molar-refractivity contribution >= 4 is 9.84 Å². The van der Waals surface area contributed by atoms with Gasteiger partial charge in [0.1, 0.15) is 0 Å². The van der Waals surface area contributed by atoms with E-state index in [0.29, 0.717) is 18.6 Å². The summed E-state index contributed by atoms with van der Waals surface area (Å²) >= 11 is 0. The van der Waals surface area contributed by atoms with Gasteiger partial charge in [-0.3, -0.25) is 4.90 Å². The predicted molar refractivity (Wildman–Crippen MR) is 79.1 cm³/mol. The third-order valence-corrected chi connectivity index (χ3v) is 7.09. The summed E-state index contributed by atoms with van der Waals surface area (Å²) in [5, 5.41) is 3.60. The molecule has 0 spiro atoms. The van der Waals surface area contributed by atoms with E-state index in [4.69, 9.17) is 0 Å². The van der Waals surface area contributed by atoms with Crippen molar-refractivity contribution in [3.8, 4) is 0 Å². The third-order valence-electron chi connectivity index (χ3n) is 4.50. The molecule has 0 aromatic carbocycles. The minimum Gasteiger partial charge on any atom is -0.311 e. The van der Waals surface area contributed by atoms with Crippen molar-refractivity contribution < 1.29 is 8.42 Å². The van der Waals surface area contributed by atoms with E-state index >= 15 is 0 Å². The fourth-order valence-corrected chi connectivity index (χ4v) is 3.71. The lowest BCUT2D eigenvalue weighted by Gasteiger charge is -2.39. The Bertz CT molecular complexity index is 410. The number of rotatable bonds is 4. The summed E-state index contributed by atoms with van der Waals surface area (Å²) in [6, 6.07) is 1.01. The molecular weight excluding hydrogens is 260 g/mol. The molecule has 0 bridgehead atoms. The van der Waals surface area contributed by atoms with Gasteiger partial charge in [-0.1, -0.05) is 0 Å². The van der Waals surface area contributed by atoms with Crippen LogP contribution in [0.2, 0.25) is 0 Å². The fourth-order valence-electron chi connectivity index (χ4n) is 2.62. The highest BCUT2D eigenvalue weighted by Gasteiger charge is 2.37. The second-order valence-electron chi connectivity index (χ2n) is 7.13. The summed E-state index contributed by atoms with van der Waals surface area (Å²) in [5.41, 5.74) is 0. The summed E-state index contributed by atoms with van der Waals surface area (Å²) in [6.07, 6.45) is 2.67. The molecule has 2 unspecified atom stereocenters. The molecule has 1 aliphatic carbocycles. The van der Waals surface area contributed by atoms with Crippen molar-refractivity contribution in [3.63, 3.8) is 0 Å². The average Bonchev–Trinajstić information content (AvgIpc) is 3.10. The van der Waals surface area contributed by atoms with Crippen molar-refractivity contribution in [2.24, 2.45) is 5.92 Å². The Labute approximate surface area is 117 Å². The van der Waals surface area contributed by atoms with Crippen molar-refractivity contribution in [2.75, 3.05) is 25.4 Å². The lowest BCUT2D eigenvalue weighted by atomic mass is 10.1. The molecule has 19 heavy (non-hydrogen) atoms. The van der Waals surface area contributed by atoms with E-state index in [-0.39, 0.29) is 5.75 Å². The molecule has 1 saturated heterocycles. The molecule has 1 saturated carbocycles. The first-order valence-corrected chi connectivity index (χ1v) is 9.05. The van der Waals surface area contributed by atoms with Crippen LogP contribution in [0.3, 0.4) is 0 Å². The van der Waals surface area contributed by atoms with Crippen molar-refractivity contribution in [1.29, 1.82) is 0 Å². The molecule has 1 heterocycles. The van der Waals surface area contributed by atoms with Crippen LogP contribution in [0.1, 0.15) is 40.5 Å². The number of nitrogens with one attached hydrogen (secondary N) is 1.